The molecule has 5 rings (SSSR count). The Morgan fingerprint density at radius 3 is 2.67 bits per heavy atom. The Balaban J connectivity index is 1.13. The molecule has 1 heterocycles. The molecule has 40 heavy (non-hydrogen) atoms. The first-order chi connectivity index (χ1) is 19.0. The molecule has 3 saturated carbocycles. The number of aliphatic hydroxyl groups is 1. The molecule has 0 spiro atoms. The van der Waals surface area contributed by atoms with E-state index in [0.717, 1.165) is 73.4 Å². The van der Waals surface area contributed by atoms with E-state index in [1.54, 1.807) is 5.57 Å². The molecule has 0 aromatic rings. The summed E-state index contributed by atoms with van der Waals surface area (Å²) in [6, 6.07) is 0. The van der Waals surface area contributed by atoms with Crippen LogP contribution in [0.5, 0.6) is 0 Å². The third kappa shape index (κ3) is 6.82. The van der Waals surface area contributed by atoms with E-state index in [-0.39, 0.29) is 12.1 Å². The van der Waals surface area contributed by atoms with Crippen molar-refractivity contribution < 1.29 is 14.6 Å². The molecule has 0 radical (unpaired) electrons. The fourth-order valence-electron chi connectivity index (χ4n) is 10.2. The second kappa shape index (κ2) is 12.8. The summed E-state index contributed by atoms with van der Waals surface area (Å²) in [5.41, 5.74) is 1.87. The van der Waals surface area contributed by atoms with Crippen molar-refractivity contribution >= 4 is 27.6 Å². The van der Waals surface area contributed by atoms with Crippen LogP contribution in [-0.2, 0) is 9.53 Å². The molecule has 0 amide bonds. The zero-order chi connectivity index (χ0) is 28.5. The van der Waals surface area contributed by atoms with Crippen LogP contribution in [0.25, 0.3) is 0 Å². The van der Waals surface area contributed by atoms with E-state index in [0.29, 0.717) is 17.3 Å². The van der Waals surface area contributed by atoms with E-state index >= 15 is 0 Å². The number of hydrogen-bond acceptors (Lipinski definition) is 5. The number of unbranched alkanes of at least 4 members (excludes halogenated alkanes) is 1. The minimum absolute atomic E-state index is 0.0402. The fraction of sp³-hybridized carbons (Fsp3) is 0.914. The van der Waals surface area contributed by atoms with Gasteiger partial charge in [0.25, 0.3) is 0 Å². The van der Waals surface area contributed by atoms with Crippen LogP contribution in [0.1, 0.15) is 137 Å². The number of allylic oxidation sites excluding steroid dienone is 1. The molecule has 0 aromatic carbocycles. The van der Waals surface area contributed by atoms with Crippen LogP contribution in [0.3, 0.4) is 0 Å². The number of esters is 1. The molecule has 5 aliphatic rings. The Labute approximate surface area is 253 Å². The summed E-state index contributed by atoms with van der Waals surface area (Å²) in [6.45, 7) is 11.6. The van der Waals surface area contributed by atoms with Crippen molar-refractivity contribution in [2.75, 3.05) is 5.75 Å². The van der Waals surface area contributed by atoms with Gasteiger partial charge in [-0.05, 0) is 125 Å². The molecule has 4 aliphatic carbocycles. The molecule has 3 nitrogen and oxygen atoms in total. The molecule has 228 valence electrons. The van der Waals surface area contributed by atoms with Gasteiger partial charge in [0.1, 0.15) is 6.10 Å². The normalized spacial score (nSPS) is 40.1. The fourth-order valence-corrected chi connectivity index (χ4v) is 13.2. The molecular weight excluding hydrogens is 533 g/mol. The quantitative estimate of drug-likeness (QED) is 0.112. The van der Waals surface area contributed by atoms with Gasteiger partial charge in [0.05, 0.1) is 5.60 Å². The highest BCUT2D eigenvalue weighted by Gasteiger charge is 2.59. The number of hydrogen-bond donors (Lipinski definition) is 1. The summed E-state index contributed by atoms with van der Waals surface area (Å²) in [5, 5.41) is 11.0. The van der Waals surface area contributed by atoms with Gasteiger partial charge in [0.15, 0.2) is 0 Å². The number of ether oxygens (including phenoxy) is 1. The highest BCUT2D eigenvalue weighted by atomic mass is 33.1. The van der Waals surface area contributed by atoms with Gasteiger partial charge >= 0.3 is 5.97 Å². The second-order valence-electron chi connectivity index (χ2n) is 15.6. The van der Waals surface area contributed by atoms with Crippen LogP contribution < -0.4 is 0 Å². The smallest absolute Gasteiger partial charge is 0.306 e. The lowest BCUT2D eigenvalue weighted by molar-refractivity contribution is -0.151. The maximum Gasteiger partial charge on any atom is 0.306 e. The van der Waals surface area contributed by atoms with Crippen LogP contribution in [-0.4, -0.2) is 33.8 Å². The molecule has 5 heteroatoms. The van der Waals surface area contributed by atoms with E-state index in [1.165, 1.54) is 63.5 Å². The Morgan fingerprint density at radius 1 is 1.10 bits per heavy atom. The zero-order valence-electron chi connectivity index (χ0n) is 26.2. The Morgan fingerprint density at radius 2 is 1.93 bits per heavy atom. The third-order valence-corrected chi connectivity index (χ3v) is 15.5. The zero-order valence-corrected chi connectivity index (χ0v) is 27.9. The van der Waals surface area contributed by atoms with Crippen LogP contribution >= 0.6 is 21.6 Å². The summed E-state index contributed by atoms with van der Waals surface area (Å²) in [4.78, 5) is 12.7. The lowest BCUT2D eigenvalue weighted by Crippen LogP contribution is -2.51. The Bertz CT molecular complexity index is 905. The largest absolute Gasteiger partial charge is 0.462 e. The standard InChI is InChI=1S/C35H58O3S2/c1-24(9-8-19-33(2,3)37)29-14-15-30-28-13-12-25-23-26(16-20-34(25,4)31(28)17-21-35(29,30)5)38-32(36)11-7-6-10-27-18-22-39-40-27/h12,24,26-31,37H,6-11,13-23H2,1-5H3/t24-,26+,27-,28+,29-,30+,31+,34+,35-/m1/s1. The van der Waals surface area contributed by atoms with Crippen LogP contribution in [0.4, 0.5) is 0 Å². The molecule has 0 aromatic heterocycles. The molecule has 9 atom stereocenters. The molecule has 4 fully saturated rings. The van der Waals surface area contributed by atoms with Gasteiger partial charge in [-0.1, -0.05) is 73.3 Å². The monoisotopic (exact) mass is 590 g/mol. The van der Waals surface area contributed by atoms with E-state index in [9.17, 15) is 9.90 Å². The summed E-state index contributed by atoms with van der Waals surface area (Å²) in [7, 11) is 4.05. The minimum Gasteiger partial charge on any atom is -0.462 e. The number of fused-ring (bicyclic) bond motifs is 5. The van der Waals surface area contributed by atoms with Gasteiger partial charge in [-0.15, -0.1) is 0 Å². The lowest BCUT2D eigenvalue weighted by Gasteiger charge is -2.58. The second-order valence-corrected chi connectivity index (χ2v) is 18.4. The Hall–Kier alpha value is -0.130. The maximum absolute atomic E-state index is 12.7. The first-order valence-electron chi connectivity index (χ1n) is 16.9. The van der Waals surface area contributed by atoms with Gasteiger partial charge in [0, 0.05) is 23.8 Å². The first-order valence-corrected chi connectivity index (χ1v) is 19.3. The minimum atomic E-state index is -0.536. The molecule has 1 aliphatic heterocycles. The first kappa shape index (κ1) is 31.3. The molecule has 1 N–H and O–H groups in total. The van der Waals surface area contributed by atoms with Crippen molar-refractivity contribution in [3.63, 3.8) is 0 Å². The van der Waals surface area contributed by atoms with Gasteiger partial charge < -0.3 is 9.84 Å². The van der Waals surface area contributed by atoms with Crippen molar-refractivity contribution in [2.24, 2.45) is 40.4 Å². The van der Waals surface area contributed by atoms with Crippen LogP contribution in [0, 0.1) is 40.4 Å². The summed E-state index contributed by atoms with van der Waals surface area (Å²) in [5.74, 6) is 5.42. The van der Waals surface area contributed by atoms with Crippen LogP contribution in [0.15, 0.2) is 11.6 Å². The van der Waals surface area contributed by atoms with Crippen molar-refractivity contribution in [1.82, 2.24) is 0 Å². The van der Waals surface area contributed by atoms with E-state index in [2.05, 4.69) is 26.8 Å². The van der Waals surface area contributed by atoms with E-state index in [1.807, 2.05) is 35.4 Å². The summed E-state index contributed by atoms with van der Waals surface area (Å²) in [6.07, 6.45) is 21.4. The maximum atomic E-state index is 12.7. The lowest BCUT2D eigenvalue weighted by atomic mass is 9.47. The summed E-state index contributed by atoms with van der Waals surface area (Å²) < 4.78 is 6.07. The topological polar surface area (TPSA) is 46.5 Å². The SMILES string of the molecule is C[C@H](CCCC(C)(C)O)[C@H]1CC[C@H]2[C@@H]3CC=C4C[C@@H](OC(=O)CCCC[C@@H]5CCSS5)CC[C@]4(C)[C@H]3CC[C@]12C. The number of rotatable bonds is 11. The number of carbonyl (C=O) groups is 1. The third-order valence-electron chi connectivity index (χ3n) is 12.4. The van der Waals surface area contributed by atoms with Gasteiger partial charge in [-0.3, -0.25) is 4.79 Å². The van der Waals surface area contributed by atoms with Crippen molar-refractivity contribution in [3.05, 3.63) is 11.6 Å². The van der Waals surface area contributed by atoms with E-state index < -0.39 is 5.60 Å². The van der Waals surface area contributed by atoms with Gasteiger partial charge in [-0.25, -0.2) is 0 Å². The highest BCUT2D eigenvalue weighted by molar-refractivity contribution is 8.77. The average molecular weight is 591 g/mol. The Kier molecular flexibility index (Phi) is 10.1. The average Bonchev–Trinajstić information content (AvgIpc) is 3.53. The molecular formula is C35H58O3S2. The highest BCUT2D eigenvalue weighted by Crippen LogP contribution is 2.67. The van der Waals surface area contributed by atoms with Gasteiger partial charge in [0.2, 0.25) is 0 Å². The molecule has 0 bridgehead atoms. The summed E-state index contributed by atoms with van der Waals surface area (Å²) >= 11 is 0. The predicted molar refractivity (Wildman–Crippen MR) is 171 cm³/mol. The van der Waals surface area contributed by atoms with Crippen molar-refractivity contribution in [1.29, 1.82) is 0 Å². The van der Waals surface area contributed by atoms with Crippen LogP contribution in [0.2, 0.25) is 0 Å². The van der Waals surface area contributed by atoms with Gasteiger partial charge in [-0.2, -0.15) is 0 Å². The van der Waals surface area contributed by atoms with E-state index in [4.69, 9.17) is 4.74 Å². The molecule has 0 unspecified atom stereocenters. The van der Waals surface area contributed by atoms with Crippen molar-refractivity contribution in [2.45, 2.75) is 154 Å². The number of carbonyl (C=O) groups excluding carboxylic acids is 1. The molecule has 1 saturated heterocycles. The predicted octanol–water partition coefficient (Wildman–Crippen LogP) is 9.77. The van der Waals surface area contributed by atoms with Crippen molar-refractivity contribution in [3.8, 4) is 0 Å².